The Balaban J connectivity index is 1.80. The summed E-state index contributed by atoms with van der Waals surface area (Å²) in [5.41, 5.74) is 6.67. The number of carboxylic acids is 1. The van der Waals surface area contributed by atoms with Crippen molar-refractivity contribution in [3.8, 4) is 11.3 Å². The van der Waals surface area contributed by atoms with Gasteiger partial charge in [-0.2, -0.15) is 0 Å². The van der Waals surface area contributed by atoms with Crippen molar-refractivity contribution in [2.75, 3.05) is 14.2 Å². The lowest BCUT2D eigenvalue weighted by Gasteiger charge is -2.15. The quantitative estimate of drug-likeness (QED) is 0.309. The van der Waals surface area contributed by atoms with Crippen molar-refractivity contribution in [1.29, 1.82) is 0 Å². The van der Waals surface area contributed by atoms with Crippen LogP contribution < -0.4 is 0 Å². The van der Waals surface area contributed by atoms with Crippen molar-refractivity contribution >= 4 is 34.4 Å². The molecule has 0 amide bonds. The van der Waals surface area contributed by atoms with E-state index in [9.17, 15) is 19.5 Å². The van der Waals surface area contributed by atoms with E-state index < -0.39 is 11.9 Å². The molecule has 3 aromatic carbocycles. The minimum absolute atomic E-state index is 0.178. The van der Waals surface area contributed by atoms with E-state index in [1.54, 1.807) is 24.3 Å². The predicted octanol–water partition coefficient (Wildman–Crippen LogP) is 5.95. The summed E-state index contributed by atoms with van der Waals surface area (Å²) in [6.45, 7) is 0.423. The van der Waals surface area contributed by atoms with Crippen LogP contribution in [0.2, 0.25) is 0 Å². The number of aromatic carboxylic acids is 1. The molecule has 5 rings (SSSR count). The van der Waals surface area contributed by atoms with Crippen LogP contribution in [0, 0.1) is 0 Å². The highest BCUT2D eigenvalue weighted by atomic mass is 16.5. The second-order valence-electron chi connectivity index (χ2n) is 9.20. The Hall–Kier alpha value is -4.65. The van der Waals surface area contributed by atoms with Gasteiger partial charge >= 0.3 is 17.9 Å². The molecule has 1 aliphatic rings. The number of hydrogen-bond acceptors (Lipinski definition) is 5. The van der Waals surface area contributed by atoms with E-state index in [1.165, 1.54) is 14.2 Å². The monoisotopic (exact) mass is 509 g/mol. The molecule has 7 nitrogen and oxygen atoms in total. The number of hydrogen-bond donors (Lipinski definition) is 1. The lowest BCUT2D eigenvalue weighted by Crippen LogP contribution is -2.06. The highest BCUT2D eigenvalue weighted by molar-refractivity contribution is 6.09. The van der Waals surface area contributed by atoms with Crippen molar-refractivity contribution in [1.82, 2.24) is 4.57 Å². The maximum absolute atomic E-state index is 12.7. The number of ether oxygens (including phenoxy) is 2. The van der Waals surface area contributed by atoms with E-state index in [1.807, 2.05) is 48.5 Å². The van der Waals surface area contributed by atoms with Crippen LogP contribution in [-0.4, -0.2) is 41.8 Å². The number of carbonyl (C=O) groups is 3. The van der Waals surface area contributed by atoms with E-state index in [0.29, 0.717) is 24.1 Å². The minimum atomic E-state index is -1.01. The van der Waals surface area contributed by atoms with Gasteiger partial charge in [0.2, 0.25) is 0 Å². The van der Waals surface area contributed by atoms with Crippen LogP contribution in [0.1, 0.15) is 51.1 Å². The largest absolute Gasteiger partial charge is 0.478 e. The van der Waals surface area contributed by atoms with Gasteiger partial charge in [-0.25, -0.2) is 14.4 Å². The van der Waals surface area contributed by atoms with Gasteiger partial charge in [-0.1, -0.05) is 48.5 Å². The number of benzene rings is 3. The summed E-state index contributed by atoms with van der Waals surface area (Å²) in [5, 5.41) is 10.6. The molecule has 0 atom stereocenters. The van der Waals surface area contributed by atoms with Crippen molar-refractivity contribution in [3.63, 3.8) is 0 Å². The van der Waals surface area contributed by atoms with Gasteiger partial charge in [0.25, 0.3) is 0 Å². The molecule has 0 radical (unpaired) electrons. The van der Waals surface area contributed by atoms with Crippen LogP contribution in [0.3, 0.4) is 0 Å². The third-order valence-corrected chi connectivity index (χ3v) is 7.03. The first-order valence-corrected chi connectivity index (χ1v) is 12.4. The van der Waals surface area contributed by atoms with E-state index in [0.717, 1.165) is 51.7 Å². The summed E-state index contributed by atoms with van der Waals surface area (Å²) in [7, 11) is 2.74. The molecule has 192 valence electrons. The van der Waals surface area contributed by atoms with Gasteiger partial charge in [0, 0.05) is 23.1 Å². The molecule has 0 aliphatic heterocycles. The molecular formula is C31H27NO6. The average Bonchev–Trinajstić information content (AvgIpc) is 3.55. The lowest BCUT2D eigenvalue weighted by atomic mass is 9.95. The number of methoxy groups -OCH3 is 2. The number of esters is 2. The van der Waals surface area contributed by atoms with Gasteiger partial charge in [-0.3, -0.25) is 0 Å². The fourth-order valence-electron chi connectivity index (χ4n) is 5.26. The maximum atomic E-state index is 12.7. The Morgan fingerprint density at radius 3 is 2.18 bits per heavy atom. The van der Waals surface area contributed by atoms with Crippen molar-refractivity contribution < 1.29 is 29.0 Å². The second kappa shape index (κ2) is 10.4. The summed E-state index contributed by atoms with van der Waals surface area (Å²) in [6.07, 6.45) is 2.19. The van der Waals surface area contributed by atoms with Crippen molar-refractivity contribution in [2.45, 2.75) is 25.8 Å². The second-order valence-corrected chi connectivity index (χ2v) is 9.20. The molecule has 0 saturated carbocycles. The summed E-state index contributed by atoms with van der Waals surface area (Å²) >= 11 is 0. The Labute approximate surface area is 219 Å². The minimum Gasteiger partial charge on any atom is -0.478 e. The molecule has 7 heteroatoms. The van der Waals surface area contributed by atoms with Gasteiger partial charge in [-0.15, -0.1) is 0 Å². The number of rotatable bonds is 7. The first-order valence-electron chi connectivity index (χ1n) is 12.4. The first kappa shape index (κ1) is 25.0. The molecule has 0 bridgehead atoms. The Morgan fingerprint density at radius 1 is 0.842 bits per heavy atom. The third kappa shape index (κ3) is 4.47. The van der Waals surface area contributed by atoms with E-state index in [4.69, 9.17) is 9.47 Å². The molecule has 0 fully saturated rings. The van der Waals surface area contributed by atoms with Crippen LogP contribution in [0.15, 0.2) is 78.4 Å². The van der Waals surface area contributed by atoms with Crippen LogP contribution >= 0.6 is 0 Å². The molecule has 1 aliphatic carbocycles. The summed E-state index contributed by atoms with van der Waals surface area (Å²) < 4.78 is 12.0. The third-order valence-electron chi connectivity index (χ3n) is 7.03. The Kier molecular flexibility index (Phi) is 6.83. The summed E-state index contributed by atoms with van der Waals surface area (Å²) in [4.78, 5) is 36.6. The number of allylic oxidation sites excluding steroid dienone is 1. The van der Waals surface area contributed by atoms with Gasteiger partial charge in [0.15, 0.2) is 0 Å². The number of aromatic nitrogens is 1. The zero-order valence-electron chi connectivity index (χ0n) is 21.2. The number of nitrogens with zero attached hydrogens (tertiary/aromatic N) is 1. The first-order chi connectivity index (χ1) is 18.4. The average molecular weight is 510 g/mol. The highest BCUT2D eigenvalue weighted by Crippen LogP contribution is 2.45. The van der Waals surface area contributed by atoms with Gasteiger partial charge in [0.05, 0.1) is 36.6 Å². The number of fused-ring (bicyclic) bond motifs is 1. The smallest absolute Gasteiger partial charge is 0.337 e. The SMILES string of the molecule is COC(=O)C1=C(c2c(-c3ccccc3)n(Cc3ccc(C(=O)OC)cc3)c3cc(C(=O)O)ccc23)CCC1. The molecular weight excluding hydrogens is 482 g/mol. The summed E-state index contributed by atoms with van der Waals surface area (Å²) in [5.74, 6) is -1.76. The number of carbonyl (C=O) groups excluding carboxylic acids is 2. The van der Waals surface area contributed by atoms with E-state index in [-0.39, 0.29) is 11.5 Å². The number of carboxylic acid groups (broad SMARTS) is 1. The molecule has 38 heavy (non-hydrogen) atoms. The Morgan fingerprint density at radius 2 is 1.53 bits per heavy atom. The van der Waals surface area contributed by atoms with Gasteiger partial charge < -0.3 is 19.1 Å². The standard InChI is InChI=1S/C31H27NO6/c1-37-30(35)21-13-11-19(12-14-21)18-32-26-17-22(29(33)34)15-16-25(26)27(28(32)20-7-4-3-5-8-20)23-9-6-10-24(23)31(36)38-2/h3-5,7-8,11-17H,6,9-10,18H2,1-2H3,(H,33,34). The summed E-state index contributed by atoms with van der Waals surface area (Å²) in [6, 6.07) is 22.2. The maximum Gasteiger partial charge on any atom is 0.337 e. The molecule has 0 unspecified atom stereocenters. The fraction of sp³-hybridized carbons (Fsp3) is 0.194. The van der Waals surface area contributed by atoms with Crippen LogP contribution in [0.25, 0.3) is 27.7 Å². The lowest BCUT2D eigenvalue weighted by molar-refractivity contribution is -0.136. The van der Waals surface area contributed by atoms with E-state index >= 15 is 0 Å². The topological polar surface area (TPSA) is 94.8 Å². The predicted molar refractivity (Wildman–Crippen MR) is 144 cm³/mol. The Bertz CT molecular complexity index is 1580. The molecule has 0 spiro atoms. The molecule has 1 N–H and O–H groups in total. The zero-order valence-corrected chi connectivity index (χ0v) is 21.2. The van der Waals surface area contributed by atoms with Crippen molar-refractivity contribution in [2.24, 2.45) is 0 Å². The molecule has 1 heterocycles. The molecule has 0 saturated heterocycles. The van der Waals surface area contributed by atoms with Crippen LogP contribution in [0.5, 0.6) is 0 Å². The van der Waals surface area contributed by atoms with Crippen LogP contribution in [-0.2, 0) is 20.8 Å². The molecule has 4 aromatic rings. The zero-order chi connectivity index (χ0) is 26.8. The van der Waals surface area contributed by atoms with Crippen molar-refractivity contribution in [3.05, 3.63) is 101 Å². The fourth-order valence-corrected chi connectivity index (χ4v) is 5.26. The normalized spacial score (nSPS) is 13.1. The van der Waals surface area contributed by atoms with Gasteiger partial charge in [0.1, 0.15) is 0 Å². The van der Waals surface area contributed by atoms with Gasteiger partial charge in [-0.05, 0) is 60.2 Å². The van der Waals surface area contributed by atoms with Crippen LogP contribution in [0.4, 0.5) is 0 Å². The molecule has 1 aromatic heterocycles. The highest BCUT2D eigenvalue weighted by Gasteiger charge is 2.29. The van der Waals surface area contributed by atoms with E-state index in [2.05, 4.69) is 4.57 Å².